The molecule has 0 unspecified atom stereocenters. The SMILES string of the molecule is CC(C)[C@H]1CC[C@@H](C)C[C@H]1OC(=O)CSc1ccccc1C(=O)Nc1ccc(OC(F)F)cc1. The molecule has 1 amide bonds. The summed E-state index contributed by atoms with van der Waals surface area (Å²) in [5.74, 6) is 0.855. The van der Waals surface area contributed by atoms with E-state index in [0.717, 1.165) is 19.3 Å². The number of alkyl halides is 2. The fourth-order valence-corrected chi connectivity index (χ4v) is 5.12. The minimum atomic E-state index is -2.91. The van der Waals surface area contributed by atoms with Crippen molar-refractivity contribution in [1.82, 2.24) is 0 Å². The van der Waals surface area contributed by atoms with Crippen LogP contribution in [0.1, 0.15) is 50.4 Å². The van der Waals surface area contributed by atoms with E-state index < -0.39 is 6.61 Å². The van der Waals surface area contributed by atoms with Crippen LogP contribution in [0.2, 0.25) is 0 Å². The number of rotatable bonds is 9. The Morgan fingerprint density at radius 2 is 1.79 bits per heavy atom. The molecule has 0 bridgehead atoms. The van der Waals surface area contributed by atoms with E-state index in [0.29, 0.717) is 33.9 Å². The van der Waals surface area contributed by atoms with E-state index in [-0.39, 0.29) is 29.5 Å². The van der Waals surface area contributed by atoms with Gasteiger partial charge in [-0.3, -0.25) is 9.59 Å². The van der Waals surface area contributed by atoms with E-state index in [2.05, 4.69) is 30.8 Å². The molecule has 0 saturated heterocycles. The van der Waals surface area contributed by atoms with Gasteiger partial charge in [-0.05, 0) is 67.0 Å². The molecule has 0 radical (unpaired) electrons. The van der Waals surface area contributed by atoms with Crippen molar-refractivity contribution in [2.45, 2.75) is 57.6 Å². The maximum absolute atomic E-state index is 12.8. The average molecular weight is 492 g/mol. The summed E-state index contributed by atoms with van der Waals surface area (Å²) in [4.78, 5) is 26.1. The number of amides is 1. The summed E-state index contributed by atoms with van der Waals surface area (Å²) in [5.41, 5.74) is 0.858. The molecule has 1 aliphatic rings. The Morgan fingerprint density at radius 3 is 2.47 bits per heavy atom. The molecule has 2 aromatic rings. The Kier molecular flexibility index (Phi) is 9.33. The second-order valence-electron chi connectivity index (χ2n) is 9.00. The first kappa shape index (κ1) is 26.0. The summed E-state index contributed by atoms with van der Waals surface area (Å²) in [6.07, 6.45) is 3.06. The second-order valence-corrected chi connectivity index (χ2v) is 10.0. The van der Waals surface area contributed by atoms with Crippen LogP contribution in [0.4, 0.5) is 14.5 Å². The summed E-state index contributed by atoms with van der Waals surface area (Å²) in [5, 5.41) is 2.74. The largest absolute Gasteiger partial charge is 0.461 e. The molecule has 5 nitrogen and oxygen atoms in total. The number of thioether (sulfide) groups is 1. The van der Waals surface area contributed by atoms with Crippen molar-refractivity contribution < 1.29 is 27.8 Å². The van der Waals surface area contributed by atoms with Crippen LogP contribution in [0.3, 0.4) is 0 Å². The molecule has 1 N–H and O–H groups in total. The quantitative estimate of drug-likeness (QED) is 0.315. The van der Waals surface area contributed by atoms with Gasteiger partial charge in [0.05, 0.1) is 11.3 Å². The first-order valence-corrected chi connectivity index (χ1v) is 12.5. The molecule has 0 spiro atoms. The monoisotopic (exact) mass is 491 g/mol. The van der Waals surface area contributed by atoms with Crippen molar-refractivity contribution in [1.29, 1.82) is 0 Å². The van der Waals surface area contributed by atoms with Gasteiger partial charge in [-0.15, -0.1) is 11.8 Å². The second kappa shape index (κ2) is 12.2. The molecule has 0 heterocycles. The lowest BCUT2D eigenvalue weighted by atomic mass is 9.75. The number of carbonyl (C=O) groups is 2. The fraction of sp³-hybridized carbons (Fsp3) is 0.462. The molecule has 1 saturated carbocycles. The summed E-state index contributed by atoms with van der Waals surface area (Å²) in [6.45, 7) is 3.63. The third-order valence-electron chi connectivity index (χ3n) is 6.06. The zero-order chi connectivity index (χ0) is 24.7. The van der Waals surface area contributed by atoms with Crippen molar-refractivity contribution in [2.75, 3.05) is 11.1 Å². The minimum Gasteiger partial charge on any atom is -0.461 e. The Hall–Kier alpha value is -2.61. The predicted octanol–water partition coefficient (Wildman–Crippen LogP) is 6.64. The zero-order valence-corrected chi connectivity index (χ0v) is 20.4. The number of anilines is 1. The van der Waals surface area contributed by atoms with Gasteiger partial charge in [-0.1, -0.05) is 39.3 Å². The van der Waals surface area contributed by atoms with E-state index in [1.807, 2.05) is 0 Å². The topological polar surface area (TPSA) is 64.6 Å². The zero-order valence-electron chi connectivity index (χ0n) is 19.6. The first-order chi connectivity index (χ1) is 16.2. The average Bonchev–Trinajstić information content (AvgIpc) is 2.78. The third-order valence-corrected chi connectivity index (χ3v) is 7.11. The molecule has 0 aliphatic heterocycles. The van der Waals surface area contributed by atoms with Crippen LogP contribution in [-0.2, 0) is 9.53 Å². The molecule has 34 heavy (non-hydrogen) atoms. The molecule has 3 atom stereocenters. The first-order valence-electron chi connectivity index (χ1n) is 11.5. The Balaban J connectivity index is 1.59. The Labute approximate surface area is 203 Å². The standard InChI is InChI=1S/C26H31F2NO4S/c1-16(2)20-13-8-17(3)14-22(20)33-24(30)15-34-23-7-5-4-6-21(23)25(31)29-18-9-11-19(12-10-18)32-26(27)28/h4-7,9-12,16-17,20,22,26H,8,13-15H2,1-3H3,(H,29,31)/t17-,20-,22-/m1/s1. The summed E-state index contributed by atoms with van der Waals surface area (Å²) in [7, 11) is 0. The molecular formula is C26H31F2NO4S. The van der Waals surface area contributed by atoms with E-state index in [1.165, 1.54) is 36.0 Å². The highest BCUT2D eigenvalue weighted by atomic mass is 32.2. The van der Waals surface area contributed by atoms with E-state index in [9.17, 15) is 18.4 Å². The van der Waals surface area contributed by atoms with Crippen LogP contribution in [0.15, 0.2) is 53.4 Å². The fourth-order valence-electron chi connectivity index (χ4n) is 4.29. The molecule has 2 aromatic carbocycles. The molecular weight excluding hydrogens is 460 g/mol. The highest BCUT2D eigenvalue weighted by Gasteiger charge is 2.33. The van der Waals surface area contributed by atoms with Gasteiger partial charge in [-0.2, -0.15) is 8.78 Å². The van der Waals surface area contributed by atoms with Crippen LogP contribution < -0.4 is 10.1 Å². The van der Waals surface area contributed by atoms with Gasteiger partial charge in [0.2, 0.25) is 0 Å². The van der Waals surface area contributed by atoms with Crippen LogP contribution in [0, 0.1) is 17.8 Å². The number of carbonyl (C=O) groups excluding carboxylic acids is 2. The van der Waals surface area contributed by atoms with Gasteiger partial charge in [0.1, 0.15) is 11.9 Å². The number of halogens is 2. The van der Waals surface area contributed by atoms with E-state index in [1.54, 1.807) is 24.3 Å². The third kappa shape index (κ3) is 7.45. The lowest BCUT2D eigenvalue weighted by Gasteiger charge is -2.36. The molecule has 1 fully saturated rings. The van der Waals surface area contributed by atoms with Crippen molar-refractivity contribution in [3.8, 4) is 5.75 Å². The van der Waals surface area contributed by atoms with E-state index >= 15 is 0 Å². The van der Waals surface area contributed by atoms with E-state index in [4.69, 9.17) is 4.74 Å². The molecule has 184 valence electrons. The van der Waals surface area contributed by atoms with Crippen molar-refractivity contribution in [3.63, 3.8) is 0 Å². The Bertz CT molecular complexity index is 968. The number of benzene rings is 2. The lowest BCUT2D eigenvalue weighted by molar-refractivity contribution is -0.152. The molecule has 1 aliphatic carbocycles. The van der Waals surface area contributed by atoms with Crippen LogP contribution in [0.5, 0.6) is 5.75 Å². The number of hydrogen-bond acceptors (Lipinski definition) is 5. The van der Waals surface area contributed by atoms with Crippen LogP contribution >= 0.6 is 11.8 Å². The number of hydrogen-bond donors (Lipinski definition) is 1. The lowest BCUT2D eigenvalue weighted by Crippen LogP contribution is -2.36. The maximum atomic E-state index is 12.8. The number of nitrogens with one attached hydrogen (secondary N) is 1. The van der Waals surface area contributed by atoms with Gasteiger partial charge < -0.3 is 14.8 Å². The Morgan fingerprint density at radius 1 is 1.09 bits per heavy atom. The smallest absolute Gasteiger partial charge is 0.387 e. The predicted molar refractivity (Wildman–Crippen MR) is 129 cm³/mol. The normalized spacial score (nSPS) is 20.3. The molecule has 0 aromatic heterocycles. The van der Waals surface area contributed by atoms with Crippen LogP contribution in [0.25, 0.3) is 0 Å². The van der Waals surface area contributed by atoms with Crippen molar-refractivity contribution >= 4 is 29.3 Å². The van der Waals surface area contributed by atoms with Gasteiger partial charge in [0, 0.05) is 10.6 Å². The summed E-state index contributed by atoms with van der Waals surface area (Å²) >= 11 is 1.26. The number of esters is 1. The maximum Gasteiger partial charge on any atom is 0.387 e. The molecule has 8 heteroatoms. The molecule has 3 rings (SSSR count). The highest BCUT2D eigenvalue weighted by Crippen LogP contribution is 2.35. The van der Waals surface area contributed by atoms with Crippen molar-refractivity contribution in [3.05, 3.63) is 54.1 Å². The highest BCUT2D eigenvalue weighted by molar-refractivity contribution is 8.00. The van der Waals surface area contributed by atoms with Crippen molar-refractivity contribution in [2.24, 2.45) is 17.8 Å². The summed E-state index contributed by atoms with van der Waals surface area (Å²) < 4.78 is 34.8. The minimum absolute atomic E-state index is 0.00883. The van der Waals surface area contributed by atoms with Gasteiger partial charge in [0.15, 0.2) is 0 Å². The number of ether oxygens (including phenoxy) is 2. The van der Waals surface area contributed by atoms with Gasteiger partial charge in [-0.25, -0.2) is 0 Å². The van der Waals surface area contributed by atoms with Crippen LogP contribution in [-0.4, -0.2) is 30.3 Å². The van der Waals surface area contributed by atoms with Gasteiger partial charge >= 0.3 is 12.6 Å². The van der Waals surface area contributed by atoms with Gasteiger partial charge in [0.25, 0.3) is 5.91 Å². The summed E-state index contributed by atoms with van der Waals surface area (Å²) in [6, 6.07) is 12.7.